The Bertz CT molecular complexity index is 646. The van der Waals surface area contributed by atoms with Gasteiger partial charge < -0.3 is 15.6 Å². The van der Waals surface area contributed by atoms with E-state index >= 15 is 0 Å². The van der Waals surface area contributed by atoms with Crippen molar-refractivity contribution in [3.05, 3.63) is 29.8 Å². The molecule has 0 fully saturated rings. The van der Waals surface area contributed by atoms with E-state index < -0.39 is 0 Å². The summed E-state index contributed by atoms with van der Waals surface area (Å²) in [5.74, 6) is 0.412. The van der Waals surface area contributed by atoms with Crippen LogP contribution in [-0.4, -0.2) is 28.0 Å². The van der Waals surface area contributed by atoms with E-state index in [9.17, 15) is 9.18 Å². The number of nitrogens with one attached hydrogen (secondary N) is 1. The van der Waals surface area contributed by atoms with Crippen LogP contribution in [-0.2, 0) is 18.3 Å². The first-order chi connectivity index (χ1) is 9.99. The molecule has 1 atom stereocenters. The van der Waals surface area contributed by atoms with E-state index in [0.717, 1.165) is 11.3 Å². The molecule has 0 spiro atoms. The van der Waals surface area contributed by atoms with Crippen molar-refractivity contribution in [1.82, 2.24) is 14.9 Å². The second-order valence-electron chi connectivity index (χ2n) is 5.31. The number of carbonyl (C=O) groups excluding carboxylic acids is 1. The molecule has 0 bridgehead atoms. The van der Waals surface area contributed by atoms with Crippen LogP contribution in [0.25, 0.3) is 11.0 Å². The number of aryl methyl sites for hydroxylation is 1. The topological polar surface area (TPSA) is 72.9 Å². The lowest BCUT2D eigenvalue weighted by Gasteiger charge is -2.07. The smallest absolute Gasteiger partial charge is 0.220 e. The van der Waals surface area contributed by atoms with Crippen molar-refractivity contribution in [2.24, 2.45) is 12.8 Å². The van der Waals surface area contributed by atoms with Gasteiger partial charge in [-0.2, -0.15) is 0 Å². The van der Waals surface area contributed by atoms with Crippen molar-refractivity contribution in [1.29, 1.82) is 0 Å². The Kier molecular flexibility index (Phi) is 9.12. The highest BCUT2D eigenvalue weighted by molar-refractivity contribution is 5.85. The van der Waals surface area contributed by atoms with Gasteiger partial charge in [0.2, 0.25) is 5.91 Å². The molecule has 1 heterocycles. The summed E-state index contributed by atoms with van der Waals surface area (Å²) in [5, 5.41) is 2.83. The van der Waals surface area contributed by atoms with Crippen LogP contribution in [0.5, 0.6) is 0 Å². The van der Waals surface area contributed by atoms with Gasteiger partial charge in [0.05, 0.1) is 5.52 Å². The fourth-order valence-corrected chi connectivity index (χ4v) is 2.21. The van der Waals surface area contributed by atoms with Gasteiger partial charge in [-0.1, -0.05) is 6.07 Å². The molecule has 1 amide bonds. The summed E-state index contributed by atoms with van der Waals surface area (Å²) in [7, 11) is 1.85. The number of nitrogens with zero attached hydrogens (tertiary/aromatic N) is 2. The van der Waals surface area contributed by atoms with E-state index in [4.69, 9.17) is 5.73 Å². The molecule has 1 aromatic heterocycles. The molecular weight excluding hydrogens is 342 g/mol. The second kappa shape index (κ2) is 9.70. The monoisotopic (exact) mass is 364 g/mol. The lowest BCUT2D eigenvalue weighted by molar-refractivity contribution is -0.121. The number of benzene rings is 1. The summed E-state index contributed by atoms with van der Waals surface area (Å²) in [6, 6.07) is 4.92. The van der Waals surface area contributed by atoms with Crippen LogP contribution in [0.4, 0.5) is 4.39 Å². The van der Waals surface area contributed by atoms with Gasteiger partial charge in [-0.25, -0.2) is 9.37 Å². The number of aromatic nitrogens is 2. The number of imidazole rings is 1. The molecule has 0 saturated heterocycles. The van der Waals surface area contributed by atoms with E-state index in [1.165, 1.54) is 6.07 Å². The Labute approximate surface area is 147 Å². The summed E-state index contributed by atoms with van der Waals surface area (Å²) < 4.78 is 15.5. The normalized spacial score (nSPS) is 11.5. The molecule has 130 valence electrons. The van der Waals surface area contributed by atoms with Gasteiger partial charge in [0.25, 0.3) is 0 Å². The summed E-state index contributed by atoms with van der Waals surface area (Å²) in [6.07, 6.45) is 1.66. The average Bonchev–Trinajstić information content (AvgIpc) is 2.76. The molecule has 0 radical (unpaired) electrons. The minimum absolute atomic E-state index is 0. The molecule has 23 heavy (non-hydrogen) atoms. The van der Waals surface area contributed by atoms with Crippen molar-refractivity contribution in [3.8, 4) is 0 Å². The van der Waals surface area contributed by atoms with Crippen LogP contribution in [0, 0.1) is 5.82 Å². The van der Waals surface area contributed by atoms with Crippen LogP contribution >= 0.6 is 24.8 Å². The fraction of sp³-hybridized carbons (Fsp3) is 0.467. The Balaban J connectivity index is 0.00000242. The highest BCUT2D eigenvalue weighted by Gasteiger charge is 2.11. The number of hydrogen-bond acceptors (Lipinski definition) is 3. The molecule has 2 rings (SSSR count). The number of para-hydroxylation sites is 1. The first-order valence-electron chi connectivity index (χ1n) is 7.11. The van der Waals surface area contributed by atoms with Gasteiger partial charge in [-0.05, 0) is 25.5 Å². The zero-order valence-electron chi connectivity index (χ0n) is 13.2. The summed E-state index contributed by atoms with van der Waals surface area (Å²) in [5.41, 5.74) is 6.74. The number of rotatable bonds is 6. The number of hydrogen-bond donors (Lipinski definition) is 2. The zero-order chi connectivity index (χ0) is 15.4. The Morgan fingerprint density at radius 2 is 2.13 bits per heavy atom. The van der Waals surface area contributed by atoms with E-state index in [2.05, 4.69) is 10.3 Å². The average molecular weight is 365 g/mol. The lowest BCUT2D eigenvalue weighted by Crippen LogP contribution is -2.28. The van der Waals surface area contributed by atoms with E-state index in [-0.39, 0.29) is 42.6 Å². The fourth-order valence-electron chi connectivity index (χ4n) is 2.21. The van der Waals surface area contributed by atoms with Gasteiger partial charge in [0.1, 0.15) is 11.3 Å². The Morgan fingerprint density at radius 3 is 2.74 bits per heavy atom. The third kappa shape index (κ3) is 5.64. The lowest BCUT2D eigenvalue weighted by atomic mass is 10.2. The van der Waals surface area contributed by atoms with Crippen LogP contribution in [0.1, 0.15) is 25.6 Å². The van der Waals surface area contributed by atoms with Crippen LogP contribution in [0.3, 0.4) is 0 Å². The molecule has 8 heteroatoms. The van der Waals surface area contributed by atoms with E-state index in [0.29, 0.717) is 31.3 Å². The molecule has 3 N–H and O–H groups in total. The minimum atomic E-state index is -0.324. The highest BCUT2D eigenvalue weighted by atomic mass is 35.5. The molecular formula is C15H23Cl2FN4O. The first-order valence-corrected chi connectivity index (χ1v) is 7.11. The molecule has 1 unspecified atom stereocenters. The zero-order valence-corrected chi connectivity index (χ0v) is 14.8. The van der Waals surface area contributed by atoms with Crippen LogP contribution in [0.2, 0.25) is 0 Å². The van der Waals surface area contributed by atoms with Gasteiger partial charge in [-0.15, -0.1) is 24.8 Å². The third-order valence-corrected chi connectivity index (χ3v) is 3.45. The standard InChI is InChI=1S/C15H21FN4O.2ClH/c1-10(17)6-7-14(21)18-9-8-13-19-15-11(16)4-3-5-12(15)20(13)2;;/h3-5,10H,6-9,17H2,1-2H3,(H,18,21);2*1H. The highest BCUT2D eigenvalue weighted by Crippen LogP contribution is 2.17. The summed E-state index contributed by atoms with van der Waals surface area (Å²) in [6.45, 7) is 2.36. The van der Waals surface area contributed by atoms with Gasteiger partial charge in [-0.3, -0.25) is 4.79 Å². The maximum Gasteiger partial charge on any atom is 0.220 e. The molecule has 5 nitrogen and oxygen atoms in total. The quantitative estimate of drug-likeness (QED) is 0.825. The maximum atomic E-state index is 13.6. The van der Waals surface area contributed by atoms with Crippen LogP contribution < -0.4 is 11.1 Å². The molecule has 2 aromatic rings. The third-order valence-electron chi connectivity index (χ3n) is 3.45. The number of nitrogens with two attached hydrogens (primary N) is 1. The van der Waals surface area contributed by atoms with Crippen molar-refractivity contribution in [2.75, 3.05) is 6.54 Å². The predicted molar refractivity (Wildman–Crippen MR) is 94.8 cm³/mol. The molecule has 0 aliphatic rings. The Morgan fingerprint density at radius 1 is 1.43 bits per heavy atom. The summed E-state index contributed by atoms with van der Waals surface area (Å²) >= 11 is 0. The van der Waals surface area contributed by atoms with Crippen molar-refractivity contribution >= 4 is 41.8 Å². The SMILES string of the molecule is CC(N)CCC(=O)NCCc1nc2c(F)cccc2n1C.Cl.Cl. The largest absolute Gasteiger partial charge is 0.356 e. The predicted octanol–water partition coefficient (Wildman–Crippen LogP) is 2.34. The number of amides is 1. The molecule has 0 aliphatic heterocycles. The minimum Gasteiger partial charge on any atom is -0.356 e. The van der Waals surface area contributed by atoms with Crippen molar-refractivity contribution < 1.29 is 9.18 Å². The van der Waals surface area contributed by atoms with Gasteiger partial charge in [0, 0.05) is 32.5 Å². The van der Waals surface area contributed by atoms with Crippen molar-refractivity contribution in [3.63, 3.8) is 0 Å². The summed E-state index contributed by atoms with van der Waals surface area (Å²) in [4.78, 5) is 15.9. The van der Waals surface area contributed by atoms with Gasteiger partial charge in [0.15, 0.2) is 5.82 Å². The number of halogens is 3. The first kappa shape index (κ1) is 21.6. The van der Waals surface area contributed by atoms with Crippen LogP contribution in [0.15, 0.2) is 18.2 Å². The number of carbonyl (C=O) groups is 1. The van der Waals surface area contributed by atoms with Crippen molar-refractivity contribution in [2.45, 2.75) is 32.2 Å². The second-order valence-corrected chi connectivity index (χ2v) is 5.31. The molecule has 0 aliphatic carbocycles. The van der Waals surface area contributed by atoms with E-state index in [1.54, 1.807) is 6.07 Å². The molecule has 1 aromatic carbocycles. The number of fused-ring (bicyclic) bond motifs is 1. The Hall–Kier alpha value is -1.37. The maximum absolute atomic E-state index is 13.6. The van der Waals surface area contributed by atoms with E-state index in [1.807, 2.05) is 24.6 Å². The molecule has 0 saturated carbocycles. The van der Waals surface area contributed by atoms with Gasteiger partial charge >= 0.3 is 0 Å².